The summed E-state index contributed by atoms with van der Waals surface area (Å²) < 4.78 is 4.46. The Labute approximate surface area is 242 Å². The van der Waals surface area contributed by atoms with E-state index in [1.54, 1.807) is 6.07 Å². The van der Waals surface area contributed by atoms with E-state index < -0.39 is 0 Å². The minimum atomic E-state index is 0.452. The fourth-order valence-corrected chi connectivity index (χ4v) is 6.42. The van der Waals surface area contributed by atoms with Crippen LogP contribution < -0.4 is 0 Å². The molecule has 0 aliphatic heterocycles. The molecule has 4 nitrogen and oxygen atoms in total. The Kier molecular flexibility index (Phi) is 5.22. The molecule has 194 valence electrons. The van der Waals surface area contributed by atoms with E-state index in [1.807, 2.05) is 30.3 Å². The van der Waals surface area contributed by atoms with Crippen molar-refractivity contribution in [2.24, 2.45) is 0 Å². The van der Waals surface area contributed by atoms with Crippen LogP contribution in [0.25, 0.3) is 66.1 Å². The highest BCUT2D eigenvalue weighted by molar-refractivity contribution is 6.11. The molecular weight excluding hydrogens is 512 g/mol. The van der Waals surface area contributed by atoms with Crippen molar-refractivity contribution >= 4 is 43.6 Å². The maximum absolute atomic E-state index is 10.4. The first kappa shape index (κ1) is 23.8. The fraction of sp³-hybridized carbons (Fsp3) is 0. The fourth-order valence-electron chi connectivity index (χ4n) is 6.42. The number of para-hydroxylation sites is 4. The van der Waals surface area contributed by atoms with Crippen molar-refractivity contribution in [2.75, 3.05) is 0 Å². The van der Waals surface area contributed by atoms with Crippen LogP contribution in [0.3, 0.4) is 0 Å². The molecule has 2 heterocycles. The van der Waals surface area contributed by atoms with Gasteiger partial charge < -0.3 is 9.13 Å². The van der Waals surface area contributed by atoms with Crippen molar-refractivity contribution in [2.45, 2.75) is 0 Å². The van der Waals surface area contributed by atoms with Crippen LogP contribution in [0, 0.1) is 22.7 Å². The number of benzene rings is 6. The minimum absolute atomic E-state index is 0.452. The molecule has 0 radical (unpaired) electrons. The zero-order chi connectivity index (χ0) is 28.2. The van der Waals surface area contributed by atoms with Gasteiger partial charge in [-0.05, 0) is 54.1 Å². The minimum Gasteiger partial charge on any atom is -0.309 e. The highest BCUT2D eigenvalue weighted by Gasteiger charge is 2.21. The lowest BCUT2D eigenvalue weighted by molar-refractivity contribution is 1.16. The maximum atomic E-state index is 10.4. The maximum Gasteiger partial charge on any atom is 0.101 e. The Morgan fingerprint density at radius 3 is 1.45 bits per heavy atom. The quantitative estimate of drug-likeness (QED) is 0.227. The van der Waals surface area contributed by atoms with Gasteiger partial charge in [0, 0.05) is 32.8 Å². The van der Waals surface area contributed by atoms with E-state index >= 15 is 0 Å². The Bertz CT molecular complexity index is 2340. The molecule has 0 saturated heterocycles. The lowest BCUT2D eigenvalue weighted by Gasteiger charge is -2.17. The third kappa shape index (κ3) is 3.40. The predicted molar refractivity (Wildman–Crippen MR) is 170 cm³/mol. The lowest BCUT2D eigenvalue weighted by atomic mass is 9.96. The average molecular weight is 535 g/mol. The van der Waals surface area contributed by atoms with Gasteiger partial charge in [-0.25, -0.2) is 0 Å². The average Bonchev–Trinajstić information content (AvgIpc) is 3.57. The SMILES string of the molecule is N#Cc1cc(C#N)c(-n2c3ccccc3c3ccccc32)c(-c2cccc(-n3c4ccccc4c4ccccc43)c2)c1. The van der Waals surface area contributed by atoms with Gasteiger partial charge in [0.1, 0.15) is 6.07 Å². The number of hydrogen-bond donors (Lipinski definition) is 0. The predicted octanol–water partition coefficient (Wildman–Crippen LogP) is 9.29. The van der Waals surface area contributed by atoms with E-state index in [0.717, 1.165) is 55.3 Å². The Morgan fingerprint density at radius 1 is 0.452 bits per heavy atom. The monoisotopic (exact) mass is 534 g/mol. The highest BCUT2D eigenvalue weighted by Crippen LogP contribution is 2.39. The van der Waals surface area contributed by atoms with E-state index in [9.17, 15) is 10.5 Å². The molecule has 0 spiro atoms. The molecule has 0 aliphatic carbocycles. The van der Waals surface area contributed by atoms with Crippen molar-refractivity contribution in [3.05, 3.63) is 145 Å². The van der Waals surface area contributed by atoms with Gasteiger partial charge in [-0.3, -0.25) is 0 Å². The summed E-state index contributed by atoms with van der Waals surface area (Å²) in [5.41, 5.74) is 8.74. The Balaban J connectivity index is 1.46. The molecule has 0 bridgehead atoms. The van der Waals surface area contributed by atoms with E-state index in [-0.39, 0.29) is 0 Å². The number of rotatable bonds is 3. The van der Waals surface area contributed by atoms with Gasteiger partial charge in [-0.2, -0.15) is 10.5 Å². The van der Waals surface area contributed by atoms with E-state index in [1.165, 1.54) is 10.8 Å². The largest absolute Gasteiger partial charge is 0.309 e. The standard InChI is InChI=1S/C38H22N4/c39-23-25-20-27(24-40)38(42-36-18-7-3-14-31(36)32-15-4-8-19-37(32)42)33(21-25)26-10-9-11-28(22-26)41-34-16-5-1-12-29(34)30-13-2-6-17-35(30)41/h1-22H. The van der Waals surface area contributed by atoms with E-state index in [0.29, 0.717) is 11.1 Å². The van der Waals surface area contributed by atoms with Gasteiger partial charge >= 0.3 is 0 Å². The number of fused-ring (bicyclic) bond motifs is 6. The smallest absolute Gasteiger partial charge is 0.101 e. The Morgan fingerprint density at radius 2 is 0.952 bits per heavy atom. The summed E-state index contributed by atoms with van der Waals surface area (Å²) in [6, 6.07) is 50.1. The lowest BCUT2D eigenvalue weighted by Crippen LogP contribution is -2.02. The second kappa shape index (κ2) is 9.24. The van der Waals surface area contributed by atoms with Crippen molar-refractivity contribution < 1.29 is 0 Å². The van der Waals surface area contributed by atoms with Gasteiger partial charge in [0.2, 0.25) is 0 Å². The molecule has 6 aromatic carbocycles. The second-order valence-electron chi connectivity index (χ2n) is 10.4. The van der Waals surface area contributed by atoms with E-state index in [2.05, 4.69) is 118 Å². The topological polar surface area (TPSA) is 57.4 Å². The molecule has 0 saturated carbocycles. The van der Waals surface area contributed by atoms with Crippen LogP contribution >= 0.6 is 0 Å². The normalized spacial score (nSPS) is 11.3. The summed E-state index contributed by atoms with van der Waals surface area (Å²) in [7, 11) is 0. The van der Waals surface area contributed by atoms with Crippen molar-refractivity contribution in [1.82, 2.24) is 9.13 Å². The zero-order valence-electron chi connectivity index (χ0n) is 22.5. The first-order chi connectivity index (χ1) is 20.8. The van der Waals surface area contributed by atoms with Crippen molar-refractivity contribution in [1.29, 1.82) is 10.5 Å². The summed E-state index contributed by atoms with van der Waals surface area (Å²) in [5.74, 6) is 0. The first-order valence-electron chi connectivity index (χ1n) is 13.8. The molecule has 0 atom stereocenters. The van der Waals surface area contributed by atoms with Crippen LogP contribution in [0.1, 0.15) is 11.1 Å². The zero-order valence-corrected chi connectivity index (χ0v) is 22.5. The van der Waals surface area contributed by atoms with Crippen molar-refractivity contribution in [3.8, 4) is 34.6 Å². The molecular formula is C38H22N4. The summed E-state index contributed by atoms with van der Waals surface area (Å²) in [5, 5.41) is 25.0. The second-order valence-corrected chi connectivity index (χ2v) is 10.4. The van der Waals surface area contributed by atoms with Gasteiger partial charge in [0.25, 0.3) is 0 Å². The molecule has 8 aromatic rings. The van der Waals surface area contributed by atoms with Crippen LogP contribution in [-0.2, 0) is 0 Å². The first-order valence-corrected chi connectivity index (χ1v) is 13.8. The third-order valence-electron chi connectivity index (χ3n) is 8.16. The number of nitrogens with zero attached hydrogens (tertiary/aromatic N) is 4. The molecule has 4 heteroatoms. The van der Waals surface area contributed by atoms with Crippen LogP contribution in [0.4, 0.5) is 0 Å². The van der Waals surface area contributed by atoms with Crippen LogP contribution in [0.5, 0.6) is 0 Å². The number of hydrogen-bond acceptors (Lipinski definition) is 2. The molecule has 2 aromatic heterocycles. The molecule has 0 amide bonds. The van der Waals surface area contributed by atoms with Gasteiger partial charge in [-0.1, -0.05) is 84.9 Å². The van der Waals surface area contributed by atoms with Crippen LogP contribution in [0.2, 0.25) is 0 Å². The van der Waals surface area contributed by atoms with Gasteiger partial charge in [-0.15, -0.1) is 0 Å². The summed E-state index contributed by atoms with van der Waals surface area (Å²) in [4.78, 5) is 0. The third-order valence-corrected chi connectivity index (χ3v) is 8.16. The van der Waals surface area contributed by atoms with E-state index in [4.69, 9.17) is 0 Å². The molecule has 0 N–H and O–H groups in total. The molecule has 0 unspecified atom stereocenters. The van der Waals surface area contributed by atoms with Crippen LogP contribution in [0.15, 0.2) is 133 Å². The van der Waals surface area contributed by atoms with Crippen molar-refractivity contribution in [3.63, 3.8) is 0 Å². The molecule has 0 fully saturated rings. The molecule has 8 rings (SSSR count). The Hall–Kier alpha value is -6.10. The molecule has 0 aliphatic rings. The van der Waals surface area contributed by atoms with Gasteiger partial charge in [0.15, 0.2) is 0 Å². The highest BCUT2D eigenvalue weighted by atomic mass is 15.0. The summed E-state index contributed by atoms with van der Waals surface area (Å²) >= 11 is 0. The number of aromatic nitrogens is 2. The summed E-state index contributed by atoms with van der Waals surface area (Å²) in [6.07, 6.45) is 0. The summed E-state index contributed by atoms with van der Waals surface area (Å²) in [6.45, 7) is 0. The number of nitriles is 2. The molecule has 42 heavy (non-hydrogen) atoms. The van der Waals surface area contributed by atoms with Crippen LogP contribution in [-0.4, -0.2) is 9.13 Å². The van der Waals surface area contributed by atoms with Gasteiger partial charge in [0.05, 0.1) is 45.0 Å².